The highest BCUT2D eigenvalue weighted by atomic mass is 19.1. The number of hydrogen-bond donors (Lipinski definition) is 1. The van der Waals surface area contributed by atoms with E-state index < -0.39 is 12.0 Å². The number of anilines is 2. The first kappa shape index (κ1) is 23.1. The molecule has 2 aliphatic rings. The van der Waals surface area contributed by atoms with Gasteiger partial charge in [0.1, 0.15) is 11.4 Å². The second-order valence-electron chi connectivity index (χ2n) is 9.19. The van der Waals surface area contributed by atoms with Crippen LogP contribution < -0.4 is 10.2 Å². The van der Waals surface area contributed by atoms with Gasteiger partial charge in [0.2, 0.25) is 11.9 Å². The van der Waals surface area contributed by atoms with Crippen molar-refractivity contribution in [1.82, 2.24) is 19.6 Å². The molecule has 182 valence electrons. The molecule has 0 saturated carbocycles. The Balaban J connectivity index is 1.44. The maximum atomic E-state index is 13.3. The van der Waals surface area contributed by atoms with E-state index in [1.165, 1.54) is 17.8 Å². The fourth-order valence-corrected chi connectivity index (χ4v) is 4.45. The highest BCUT2D eigenvalue weighted by molar-refractivity contribution is 6.07. The number of aromatic nitrogens is 4. The number of carbonyl (C=O) groups excluding carboxylic acids is 1. The molecule has 0 aliphatic carbocycles. The molecule has 1 N–H and O–H groups in total. The summed E-state index contributed by atoms with van der Waals surface area (Å²) in [5, 5.41) is 8.03. The van der Waals surface area contributed by atoms with Crippen molar-refractivity contribution in [2.24, 2.45) is 10.9 Å². The molecular weight excluding hydrogens is 449 g/mol. The number of nitrogens with zero attached hydrogens (tertiary/aromatic N) is 6. The van der Waals surface area contributed by atoms with Crippen molar-refractivity contribution in [2.75, 3.05) is 30.4 Å². The summed E-state index contributed by atoms with van der Waals surface area (Å²) in [4.78, 5) is 28.3. The maximum absolute atomic E-state index is 13.3. The number of aliphatic imine (C=N–C) groups is 1. The SMILES string of the molecule is CO[C@H]1C[C@@H](C(=O)Cc2ccc(F)nc2)N(c2nc(NC3=NCC(C(C)C)=C3)c3cccn3n2)C1. The van der Waals surface area contributed by atoms with Crippen molar-refractivity contribution < 1.29 is 13.9 Å². The normalized spacial score (nSPS) is 20.0. The number of Topliss-reactive ketones (excluding diaryl/α,β-unsaturated/α-hetero) is 1. The maximum Gasteiger partial charge on any atom is 0.246 e. The first-order valence-corrected chi connectivity index (χ1v) is 11.7. The molecule has 0 unspecified atom stereocenters. The van der Waals surface area contributed by atoms with Gasteiger partial charge in [0.05, 0.1) is 18.7 Å². The largest absolute Gasteiger partial charge is 0.380 e. The molecule has 0 aromatic carbocycles. The van der Waals surface area contributed by atoms with Gasteiger partial charge in [-0.15, -0.1) is 5.10 Å². The van der Waals surface area contributed by atoms with E-state index >= 15 is 0 Å². The first-order valence-electron chi connectivity index (χ1n) is 11.7. The summed E-state index contributed by atoms with van der Waals surface area (Å²) in [6.07, 6.45) is 5.83. The summed E-state index contributed by atoms with van der Waals surface area (Å²) in [6, 6.07) is 6.21. The molecule has 3 aromatic heterocycles. The van der Waals surface area contributed by atoms with Gasteiger partial charge in [-0.3, -0.25) is 9.79 Å². The minimum atomic E-state index is -0.571. The van der Waals surface area contributed by atoms with Crippen molar-refractivity contribution in [3.05, 3.63) is 59.8 Å². The zero-order valence-corrected chi connectivity index (χ0v) is 20.0. The van der Waals surface area contributed by atoms with Crippen LogP contribution in [0.5, 0.6) is 0 Å². The molecule has 5 heterocycles. The third kappa shape index (κ3) is 4.79. The van der Waals surface area contributed by atoms with Crippen molar-refractivity contribution >= 4 is 28.9 Å². The molecule has 0 spiro atoms. The molecule has 0 radical (unpaired) electrons. The van der Waals surface area contributed by atoms with Crippen LogP contribution in [0.4, 0.5) is 16.2 Å². The molecule has 2 atom stereocenters. The van der Waals surface area contributed by atoms with Crippen molar-refractivity contribution in [2.45, 2.75) is 38.8 Å². The van der Waals surface area contributed by atoms with E-state index in [-0.39, 0.29) is 18.3 Å². The van der Waals surface area contributed by atoms with Crippen molar-refractivity contribution in [3.8, 4) is 0 Å². The number of fused-ring (bicyclic) bond motifs is 1. The summed E-state index contributed by atoms with van der Waals surface area (Å²) in [5.74, 6) is 1.64. The minimum Gasteiger partial charge on any atom is -0.380 e. The molecule has 1 saturated heterocycles. The van der Waals surface area contributed by atoms with Crippen LogP contribution in [0.2, 0.25) is 0 Å². The lowest BCUT2D eigenvalue weighted by atomic mass is 10.0. The van der Waals surface area contributed by atoms with Gasteiger partial charge in [0.25, 0.3) is 0 Å². The molecule has 35 heavy (non-hydrogen) atoms. The second-order valence-corrected chi connectivity index (χ2v) is 9.19. The quantitative estimate of drug-likeness (QED) is 0.523. The predicted molar refractivity (Wildman–Crippen MR) is 131 cm³/mol. The Labute approximate surface area is 202 Å². The lowest BCUT2D eigenvalue weighted by molar-refractivity contribution is -0.119. The number of halogens is 1. The van der Waals surface area contributed by atoms with Gasteiger partial charge in [-0.05, 0) is 41.3 Å². The fourth-order valence-electron chi connectivity index (χ4n) is 4.45. The van der Waals surface area contributed by atoms with Crippen LogP contribution in [0.25, 0.3) is 5.52 Å². The zero-order chi connectivity index (χ0) is 24.5. The number of ether oxygens (including phenoxy) is 1. The third-order valence-electron chi connectivity index (χ3n) is 6.51. The van der Waals surface area contributed by atoms with Crippen LogP contribution in [0.3, 0.4) is 0 Å². The summed E-state index contributed by atoms with van der Waals surface area (Å²) in [5.41, 5.74) is 2.73. The molecule has 9 nitrogen and oxygen atoms in total. The molecule has 0 amide bonds. The van der Waals surface area contributed by atoms with Gasteiger partial charge in [-0.2, -0.15) is 9.37 Å². The van der Waals surface area contributed by atoms with Crippen molar-refractivity contribution in [1.29, 1.82) is 0 Å². The Kier molecular flexibility index (Phi) is 6.29. The zero-order valence-electron chi connectivity index (χ0n) is 20.0. The van der Waals surface area contributed by atoms with Crippen LogP contribution >= 0.6 is 0 Å². The van der Waals surface area contributed by atoms with E-state index in [0.717, 1.165) is 11.4 Å². The van der Waals surface area contributed by atoms with Crippen molar-refractivity contribution in [3.63, 3.8) is 0 Å². The highest BCUT2D eigenvalue weighted by Gasteiger charge is 2.38. The average molecular weight is 478 g/mol. The molecule has 0 bridgehead atoms. The highest BCUT2D eigenvalue weighted by Crippen LogP contribution is 2.28. The van der Waals surface area contributed by atoms with E-state index in [4.69, 9.17) is 9.72 Å². The number of ketones is 1. The third-order valence-corrected chi connectivity index (χ3v) is 6.51. The number of methoxy groups -OCH3 is 1. The topological polar surface area (TPSA) is 97.0 Å². The standard InChI is InChI=1S/C25H28FN7O2/c1-15(2)17-10-23(28-13-17)29-24-19-5-4-8-33(19)31-25(30-24)32-14-18(35-3)11-20(32)21(34)9-16-6-7-22(26)27-12-16/h4-8,10,12,15,18,20H,9,11,13-14H2,1-3H3,(H,28,29,30,31)/t18-,20-/m0/s1. The molecule has 10 heteroatoms. The molecule has 1 fully saturated rings. The number of amidine groups is 1. The fraction of sp³-hybridized carbons (Fsp3) is 0.400. The van der Waals surface area contributed by atoms with E-state index in [1.54, 1.807) is 17.7 Å². The Morgan fingerprint density at radius 2 is 2.17 bits per heavy atom. The number of carbonyl (C=O) groups is 1. The number of pyridine rings is 1. The Morgan fingerprint density at radius 3 is 2.89 bits per heavy atom. The van der Waals surface area contributed by atoms with E-state index in [2.05, 4.69) is 40.3 Å². The van der Waals surface area contributed by atoms with E-state index in [1.807, 2.05) is 23.2 Å². The molecular formula is C25H28FN7O2. The number of hydrogen-bond acceptors (Lipinski definition) is 8. The van der Waals surface area contributed by atoms with E-state index in [9.17, 15) is 9.18 Å². The lowest BCUT2D eigenvalue weighted by Gasteiger charge is -2.24. The Hall–Kier alpha value is -3.66. The van der Waals surface area contributed by atoms with E-state index in [0.29, 0.717) is 42.8 Å². The van der Waals surface area contributed by atoms with Crippen LogP contribution in [0.1, 0.15) is 25.8 Å². The monoisotopic (exact) mass is 477 g/mol. The van der Waals surface area contributed by atoms with Crippen LogP contribution in [0.15, 0.2) is 53.3 Å². The average Bonchev–Trinajstić information content (AvgIpc) is 3.59. The van der Waals surface area contributed by atoms with Gasteiger partial charge in [0, 0.05) is 38.9 Å². The van der Waals surface area contributed by atoms with Gasteiger partial charge in [-0.1, -0.05) is 19.9 Å². The lowest BCUT2D eigenvalue weighted by Crippen LogP contribution is -2.38. The molecule has 3 aromatic rings. The summed E-state index contributed by atoms with van der Waals surface area (Å²) in [6.45, 7) is 5.46. The Morgan fingerprint density at radius 1 is 1.31 bits per heavy atom. The first-order chi connectivity index (χ1) is 16.9. The minimum absolute atomic E-state index is 0.0200. The Bertz CT molecular complexity index is 1300. The van der Waals surface area contributed by atoms with Gasteiger partial charge >= 0.3 is 0 Å². The smallest absolute Gasteiger partial charge is 0.246 e. The van der Waals surface area contributed by atoms with Crippen LogP contribution in [-0.4, -0.2) is 63.5 Å². The van der Waals surface area contributed by atoms with Gasteiger partial charge < -0.3 is 15.0 Å². The van der Waals surface area contributed by atoms with Crippen LogP contribution in [0, 0.1) is 11.9 Å². The molecule has 2 aliphatic heterocycles. The van der Waals surface area contributed by atoms with Gasteiger partial charge in [0.15, 0.2) is 11.6 Å². The summed E-state index contributed by atoms with van der Waals surface area (Å²) >= 11 is 0. The number of nitrogens with one attached hydrogen (secondary N) is 1. The molecule has 5 rings (SSSR count). The second kappa shape index (κ2) is 9.53. The summed E-state index contributed by atoms with van der Waals surface area (Å²) < 4.78 is 20.5. The predicted octanol–water partition coefficient (Wildman–Crippen LogP) is 3.08. The summed E-state index contributed by atoms with van der Waals surface area (Å²) in [7, 11) is 1.64. The van der Waals surface area contributed by atoms with Crippen LogP contribution in [-0.2, 0) is 16.0 Å². The van der Waals surface area contributed by atoms with Gasteiger partial charge in [-0.25, -0.2) is 9.50 Å². The number of rotatable bonds is 7.